The van der Waals surface area contributed by atoms with E-state index >= 15 is 0 Å². The minimum Gasteiger partial charge on any atom is -0.460 e. The Morgan fingerprint density at radius 2 is 1.26 bits per heavy atom. The standard InChI is InChI=1S/C33H38F6O7/c1-21(44-25(40)30(42-5,32(34,35)36)22-13-9-7-10-14-22)17-18-29-27(2,3)19-24(20-28(29,4)46-29)45-26(41)31(43-6,33(37,38)39)23-15-11-8-12-16-23/h7-16,21,24H,17-20H2,1-6H3/t21-,24-,28+,29-,30-,31-/m0/s1. The van der Waals surface area contributed by atoms with Crippen LogP contribution in [0.3, 0.4) is 0 Å². The molecule has 1 heterocycles. The molecule has 4 rings (SSSR count). The topological polar surface area (TPSA) is 83.6 Å². The first-order chi connectivity index (χ1) is 21.3. The van der Waals surface area contributed by atoms with Gasteiger partial charge >= 0.3 is 24.3 Å². The predicted octanol–water partition coefficient (Wildman–Crippen LogP) is 7.17. The van der Waals surface area contributed by atoms with Crippen LogP contribution in [-0.4, -0.2) is 61.9 Å². The van der Waals surface area contributed by atoms with Crippen molar-refractivity contribution < 1.29 is 59.6 Å². The Bertz CT molecular complexity index is 1400. The van der Waals surface area contributed by atoms with Crippen LogP contribution < -0.4 is 0 Å². The van der Waals surface area contributed by atoms with E-state index in [1.807, 2.05) is 13.8 Å². The molecule has 13 heteroatoms. The fourth-order valence-corrected chi connectivity index (χ4v) is 7.14. The van der Waals surface area contributed by atoms with E-state index in [2.05, 4.69) is 0 Å². The van der Waals surface area contributed by atoms with Gasteiger partial charge < -0.3 is 23.7 Å². The number of alkyl halides is 6. The highest BCUT2D eigenvalue weighted by molar-refractivity contribution is 5.83. The molecule has 7 nitrogen and oxygen atoms in total. The van der Waals surface area contributed by atoms with Crippen molar-refractivity contribution in [3.63, 3.8) is 0 Å². The van der Waals surface area contributed by atoms with Crippen molar-refractivity contribution in [3.05, 3.63) is 71.8 Å². The van der Waals surface area contributed by atoms with Crippen molar-refractivity contribution in [1.29, 1.82) is 0 Å². The Morgan fingerprint density at radius 1 is 0.804 bits per heavy atom. The number of hydrogen-bond acceptors (Lipinski definition) is 7. The summed E-state index contributed by atoms with van der Waals surface area (Å²) in [6.07, 6.45) is -11.6. The van der Waals surface area contributed by atoms with Crippen LogP contribution in [0.25, 0.3) is 0 Å². The average molecular weight is 661 g/mol. The van der Waals surface area contributed by atoms with Gasteiger partial charge in [0.05, 0.1) is 11.7 Å². The molecule has 46 heavy (non-hydrogen) atoms. The first kappa shape index (κ1) is 35.7. The second kappa shape index (κ2) is 12.1. The second-order valence-corrected chi connectivity index (χ2v) is 12.7. The van der Waals surface area contributed by atoms with E-state index in [9.17, 15) is 35.9 Å². The summed E-state index contributed by atoms with van der Waals surface area (Å²) in [5.41, 5.74) is -10.1. The van der Waals surface area contributed by atoms with Crippen LogP contribution in [0.5, 0.6) is 0 Å². The lowest BCUT2D eigenvalue weighted by Gasteiger charge is -2.43. The Balaban J connectivity index is 1.47. The second-order valence-electron chi connectivity index (χ2n) is 12.7. The van der Waals surface area contributed by atoms with Crippen molar-refractivity contribution in [2.45, 2.75) is 100 Å². The van der Waals surface area contributed by atoms with Crippen LogP contribution in [0.2, 0.25) is 0 Å². The lowest BCUT2D eigenvalue weighted by atomic mass is 9.61. The molecule has 0 aromatic heterocycles. The van der Waals surface area contributed by atoms with Crippen LogP contribution in [0.4, 0.5) is 26.3 Å². The van der Waals surface area contributed by atoms with E-state index in [1.165, 1.54) is 43.3 Å². The van der Waals surface area contributed by atoms with Gasteiger partial charge in [0.1, 0.15) is 11.7 Å². The number of halogens is 6. The molecule has 0 unspecified atom stereocenters. The zero-order chi connectivity index (χ0) is 34.4. The Kier molecular flexibility index (Phi) is 9.41. The van der Waals surface area contributed by atoms with Crippen LogP contribution >= 0.6 is 0 Å². The van der Waals surface area contributed by atoms with E-state index in [1.54, 1.807) is 6.92 Å². The molecular weight excluding hydrogens is 622 g/mol. The average Bonchev–Trinajstić information content (AvgIpc) is 3.59. The SMILES string of the molecule is CO[C@](C(=O)O[C@H]1CC(C)(C)[C@]2(CC[C@H](C)OC(=O)[C@@](OC)(c3ccccc3)C(F)(F)F)O[C@]2(C)C1)(c1ccccc1)C(F)(F)F. The summed E-state index contributed by atoms with van der Waals surface area (Å²) in [5, 5.41) is 0. The summed E-state index contributed by atoms with van der Waals surface area (Å²) >= 11 is 0. The number of methoxy groups -OCH3 is 2. The summed E-state index contributed by atoms with van der Waals surface area (Å²) in [5.74, 6) is -3.21. The number of epoxide rings is 1. The molecule has 1 aliphatic heterocycles. The fraction of sp³-hybridized carbons (Fsp3) is 0.576. The van der Waals surface area contributed by atoms with Crippen LogP contribution in [-0.2, 0) is 44.5 Å². The molecule has 2 aromatic rings. The van der Waals surface area contributed by atoms with Gasteiger partial charge in [-0.15, -0.1) is 0 Å². The molecule has 1 aliphatic carbocycles. The monoisotopic (exact) mass is 660 g/mol. The summed E-state index contributed by atoms with van der Waals surface area (Å²) < 4.78 is 113. The molecule has 1 saturated carbocycles. The van der Waals surface area contributed by atoms with Gasteiger partial charge in [0, 0.05) is 37.2 Å². The molecule has 0 amide bonds. The van der Waals surface area contributed by atoms with E-state index in [0.29, 0.717) is 0 Å². The van der Waals surface area contributed by atoms with Gasteiger partial charge in [-0.2, -0.15) is 26.3 Å². The van der Waals surface area contributed by atoms with Crippen molar-refractivity contribution >= 4 is 11.9 Å². The number of carbonyl (C=O) groups excluding carboxylic acids is 2. The summed E-state index contributed by atoms with van der Waals surface area (Å²) in [4.78, 5) is 26.3. The van der Waals surface area contributed by atoms with Gasteiger partial charge in [0.25, 0.3) is 11.2 Å². The number of fused-ring (bicyclic) bond motifs is 1. The molecular formula is C33H38F6O7. The van der Waals surface area contributed by atoms with E-state index < -0.39 is 75.4 Å². The van der Waals surface area contributed by atoms with Gasteiger partial charge in [-0.1, -0.05) is 74.5 Å². The summed E-state index contributed by atoms with van der Waals surface area (Å²) in [7, 11) is 1.58. The fourth-order valence-electron chi connectivity index (χ4n) is 7.14. The third kappa shape index (κ3) is 5.68. The maximum atomic E-state index is 14.4. The Hall–Kier alpha value is -3.16. The number of rotatable bonds is 11. The molecule has 0 radical (unpaired) electrons. The smallest absolute Gasteiger partial charge is 0.432 e. The van der Waals surface area contributed by atoms with Crippen molar-refractivity contribution in [2.75, 3.05) is 14.2 Å². The molecule has 0 bridgehead atoms. The maximum absolute atomic E-state index is 14.4. The number of carbonyl (C=O) groups is 2. The number of hydrogen-bond donors (Lipinski definition) is 0. The van der Waals surface area contributed by atoms with Gasteiger partial charge in [-0.3, -0.25) is 0 Å². The van der Waals surface area contributed by atoms with Crippen molar-refractivity contribution in [2.24, 2.45) is 5.41 Å². The zero-order valence-electron chi connectivity index (χ0n) is 26.4. The minimum absolute atomic E-state index is 0.0671. The van der Waals surface area contributed by atoms with Crippen LogP contribution in [0.15, 0.2) is 60.7 Å². The highest BCUT2D eigenvalue weighted by atomic mass is 19.4. The zero-order valence-corrected chi connectivity index (χ0v) is 26.4. The molecule has 254 valence electrons. The van der Waals surface area contributed by atoms with Crippen molar-refractivity contribution in [3.8, 4) is 0 Å². The number of ether oxygens (including phenoxy) is 5. The molecule has 0 spiro atoms. The number of benzene rings is 2. The molecule has 0 N–H and O–H groups in total. The van der Waals surface area contributed by atoms with Crippen LogP contribution in [0, 0.1) is 5.41 Å². The van der Waals surface area contributed by atoms with Gasteiger partial charge in [-0.25, -0.2) is 9.59 Å². The maximum Gasteiger partial charge on any atom is 0.432 e. The predicted molar refractivity (Wildman–Crippen MR) is 152 cm³/mol. The quantitative estimate of drug-likeness (QED) is 0.144. The highest BCUT2D eigenvalue weighted by Gasteiger charge is 2.76. The number of esters is 2. The minimum atomic E-state index is -5.13. The first-order valence-corrected chi connectivity index (χ1v) is 14.7. The first-order valence-electron chi connectivity index (χ1n) is 14.7. The Morgan fingerprint density at radius 3 is 1.67 bits per heavy atom. The third-order valence-electron chi connectivity index (χ3n) is 9.49. The highest BCUT2D eigenvalue weighted by Crippen LogP contribution is 2.68. The van der Waals surface area contributed by atoms with Gasteiger partial charge in [0.2, 0.25) is 0 Å². The van der Waals surface area contributed by atoms with E-state index in [4.69, 9.17) is 23.7 Å². The molecule has 1 saturated heterocycles. The van der Waals surface area contributed by atoms with E-state index in [-0.39, 0.29) is 25.7 Å². The lowest BCUT2D eigenvalue weighted by molar-refractivity contribution is -0.279. The normalized spacial score (nSPS) is 27.3. The van der Waals surface area contributed by atoms with Crippen molar-refractivity contribution in [1.82, 2.24) is 0 Å². The molecule has 2 aliphatic rings. The molecule has 2 fully saturated rings. The van der Waals surface area contributed by atoms with E-state index in [0.717, 1.165) is 38.5 Å². The lowest BCUT2D eigenvalue weighted by Crippen LogP contribution is -2.54. The van der Waals surface area contributed by atoms with Gasteiger partial charge in [0.15, 0.2) is 0 Å². The molecule has 6 atom stereocenters. The largest absolute Gasteiger partial charge is 0.460 e. The van der Waals surface area contributed by atoms with Gasteiger partial charge in [-0.05, 0) is 33.1 Å². The summed E-state index contributed by atoms with van der Waals surface area (Å²) in [6, 6.07) is 13.0. The van der Waals surface area contributed by atoms with Crippen LogP contribution in [0.1, 0.15) is 64.5 Å². The third-order valence-corrected chi connectivity index (χ3v) is 9.49. The molecule has 2 aromatic carbocycles. The Labute approximate surface area is 263 Å². The summed E-state index contributed by atoms with van der Waals surface area (Å²) in [6.45, 7) is 6.83.